The molecule has 1 aliphatic rings. The van der Waals surface area contributed by atoms with Gasteiger partial charge in [0.2, 0.25) is 0 Å². The number of aryl methyl sites for hydroxylation is 2. The molecule has 0 radical (unpaired) electrons. The topological polar surface area (TPSA) is 15.3 Å². The molecule has 2 heteroatoms. The van der Waals surface area contributed by atoms with Crippen LogP contribution in [0.4, 0.5) is 0 Å². The van der Waals surface area contributed by atoms with E-state index < -0.39 is 0 Å². The monoisotopic (exact) mass is 288 g/mol. The zero-order chi connectivity index (χ0) is 15.2. The van der Waals surface area contributed by atoms with Gasteiger partial charge in [-0.25, -0.2) is 0 Å². The van der Waals surface area contributed by atoms with Crippen LogP contribution in [0.5, 0.6) is 0 Å². The van der Waals surface area contributed by atoms with Crippen molar-refractivity contribution in [2.75, 3.05) is 19.6 Å². The summed E-state index contributed by atoms with van der Waals surface area (Å²) in [7, 11) is 0. The fourth-order valence-corrected chi connectivity index (χ4v) is 3.63. The molecule has 1 saturated heterocycles. The summed E-state index contributed by atoms with van der Waals surface area (Å²) in [6, 6.07) is 8.21. The number of nitrogens with one attached hydrogen (secondary N) is 1. The van der Waals surface area contributed by atoms with E-state index in [0.717, 1.165) is 12.6 Å². The lowest BCUT2D eigenvalue weighted by atomic mass is 9.97. The van der Waals surface area contributed by atoms with Gasteiger partial charge in [0, 0.05) is 18.6 Å². The predicted octanol–water partition coefficient (Wildman–Crippen LogP) is 4.22. The van der Waals surface area contributed by atoms with E-state index >= 15 is 0 Å². The van der Waals surface area contributed by atoms with Crippen LogP contribution in [0.2, 0.25) is 0 Å². The summed E-state index contributed by atoms with van der Waals surface area (Å²) in [5.74, 6) is 0. The SMILES string of the molecule is CCNC(CCN1CCCCC1C)c1cc(C)cc(C)c1. The van der Waals surface area contributed by atoms with Crippen LogP contribution in [0.1, 0.15) is 62.3 Å². The molecule has 21 heavy (non-hydrogen) atoms. The minimum Gasteiger partial charge on any atom is -0.310 e. The van der Waals surface area contributed by atoms with E-state index in [2.05, 4.69) is 56.1 Å². The van der Waals surface area contributed by atoms with Gasteiger partial charge in [-0.1, -0.05) is 42.7 Å². The van der Waals surface area contributed by atoms with Crippen molar-refractivity contribution >= 4 is 0 Å². The third kappa shape index (κ3) is 4.82. The molecule has 0 saturated carbocycles. The number of rotatable bonds is 6. The fourth-order valence-electron chi connectivity index (χ4n) is 3.63. The first-order valence-corrected chi connectivity index (χ1v) is 8.65. The van der Waals surface area contributed by atoms with Gasteiger partial charge in [-0.3, -0.25) is 0 Å². The van der Waals surface area contributed by atoms with Gasteiger partial charge in [0.25, 0.3) is 0 Å². The van der Waals surface area contributed by atoms with Gasteiger partial charge < -0.3 is 10.2 Å². The lowest BCUT2D eigenvalue weighted by Crippen LogP contribution is -2.39. The number of hydrogen-bond acceptors (Lipinski definition) is 2. The number of likely N-dealkylation sites (tertiary alicyclic amines) is 1. The van der Waals surface area contributed by atoms with Crippen molar-refractivity contribution in [3.63, 3.8) is 0 Å². The molecule has 0 aromatic heterocycles. The minimum atomic E-state index is 0.489. The Morgan fingerprint density at radius 1 is 1.19 bits per heavy atom. The Kier molecular flexibility index (Phi) is 6.25. The van der Waals surface area contributed by atoms with Crippen molar-refractivity contribution in [3.8, 4) is 0 Å². The Labute approximate surface area is 130 Å². The molecule has 0 spiro atoms. The highest BCUT2D eigenvalue weighted by atomic mass is 15.2. The summed E-state index contributed by atoms with van der Waals surface area (Å²) in [5, 5.41) is 3.68. The quantitative estimate of drug-likeness (QED) is 0.843. The molecule has 1 fully saturated rings. The Balaban J connectivity index is 2.01. The van der Waals surface area contributed by atoms with Crippen molar-refractivity contribution in [2.45, 2.75) is 65.5 Å². The molecule has 1 N–H and O–H groups in total. The molecule has 2 atom stereocenters. The molecule has 1 heterocycles. The van der Waals surface area contributed by atoms with Gasteiger partial charge in [0.1, 0.15) is 0 Å². The van der Waals surface area contributed by atoms with Crippen LogP contribution in [-0.4, -0.2) is 30.6 Å². The molecule has 2 rings (SSSR count). The van der Waals surface area contributed by atoms with Gasteiger partial charge in [-0.15, -0.1) is 0 Å². The molecule has 1 aliphatic heterocycles. The zero-order valence-electron chi connectivity index (χ0n) is 14.3. The van der Waals surface area contributed by atoms with Crippen LogP contribution in [0.3, 0.4) is 0 Å². The maximum Gasteiger partial charge on any atom is 0.0332 e. The second-order valence-electron chi connectivity index (χ2n) is 6.70. The van der Waals surface area contributed by atoms with Crippen molar-refractivity contribution in [3.05, 3.63) is 34.9 Å². The molecule has 0 bridgehead atoms. The summed E-state index contributed by atoms with van der Waals surface area (Å²) >= 11 is 0. The maximum atomic E-state index is 3.68. The first kappa shape index (κ1) is 16.5. The van der Waals surface area contributed by atoms with E-state index in [1.54, 1.807) is 0 Å². The van der Waals surface area contributed by atoms with E-state index in [1.165, 1.54) is 55.5 Å². The minimum absolute atomic E-state index is 0.489. The molecular weight excluding hydrogens is 256 g/mol. The summed E-state index contributed by atoms with van der Waals surface area (Å²) < 4.78 is 0. The van der Waals surface area contributed by atoms with E-state index in [0.29, 0.717) is 6.04 Å². The number of piperidine rings is 1. The average Bonchev–Trinajstić information content (AvgIpc) is 2.44. The van der Waals surface area contributed by atoms with Gasteiger partial charge in [0.15, 0.2) is 0 Å². The summed E-state index contributed by atoms with van der Waals surface area (Å²) in [5.41, 5.74) is 4.21. The molecular formula is C19H32N2. The predicted molar refractivity (Wildman–Crippen MR) is 91.8 cm³/mol. The third-order valence-electron chi connectivity index (χ3n) is 4.74. The zero-order valence-corrected chi connectivity index (χ0v) is 14.3. The molecule has 2 nitrogen and oxygen atoms in total. The number of benzene rings is 1. The Bertz CT molecular complexity index is 421. The number of hydrogen-bond donors (Lipinski definition) is 1. The lowest BCUT2D eigenvalue weighted by molar-refractivity contribution is 0.153. The van der Waals surface area contributed by atoms with E-state index in [-0.39, 0.29) is 0 Å². The first-order chi connectivity index (χ1) is 10.1. The second-order valence-corrected chi connectivity index (χ2v) is 6.70. The Morgan fingerprint density at radius 3 is 2.52 bits per heavy atom. The van der Waals surface area contributed by atoms with Crippen LogP contribution >= 0.6 is 0 Å². The molecule has 118 valence electrons. The fraction of sp³-hybridized carbons (Fsp3) is 0.684. The number of nitrogens with zero attached hydrogens (tertiary/aromatic N) is 1. The average molecular weight is 288 g/mol. The Morgan fingerprint density at radius 2 is 1.90 bits per heavy atom. The van der Waals surface area contributed by atoms with E-state index in [9.17, 15) is 0 Å². The first-order valence-electron chi connectivity index (χ1n) is 8.65. The molecule has 1 aromatic rings. The highest BCUT2D eigenvalue weighted by Gasteiger charge is 2.20. The maximum absolute atomic E-state index is 3.68. The van der Waals surface area contributed by atoms with Crippen molar-refractivity contribution in [2.24, 2.45) is 0 Å². The van der Waals surface area contributed by atoms with Crippen molar-refractivity contribution in [1.29, 1.82) is 0 Å². The normalized spacial score (nSPS) is 21.4. The van der Waals surface area contributed by atoms with Gasteiger partial charge in [-0.2, -0.15) is 0 Å². The second kappa shape index (κ2) is 7.95. The third-order valence-corrected chi connectivity index (χ3v) is 4.74. The molecule has 0 amide bonds. The summed E-state index contributed by atoms with van der Waals surface area (Å²) in [4.78, 5) is 2.68. The van der Waals surface area contributed by atoms with Gasteiger partial charge in [-0.05, 0) is 58.7 Å². The highest BCUT2D eigenvalue weighted by Crippen LogP contribution is 2.23. The summed E-state index contributed by atoms with van der Waals surface area (Å²) in [6.45, 7) is 12.5. The largest absolute Gasteiger partial charge is 0.310 e. The highest BCUT2D eigenvalue weighted by molar-refractivity contribution is 5.30. The van der Waals surface area contributed by atoms with Crippen LogP contribution in [0.15, 0.2) is 18.2 Å². The standard InChI is InChI=1S/C19H32N2/c1-5-20-19(18-13-15(2)12-16(3)14-18)9-11-21-10-7-6-8-17(21)4/h12-14,17,19-20H,5-11H2,1-4H3. The smallest absolute Gasteiger partial charge is 0.0332 e. The van der Waals surface area contributed by atoms with Crippen LogP contribution < -0.4 is 5.32 Å². The van der Waals surface area contributed by atoms with E-state index in [1.807, 2.05) is 0 Å². The van der Waals surface area contributed by atoms with Crippen LogP contribution in [-0.2, 0) is 0 Å². The Hall–Kier alpha value is -0.860. The van der Waals surface area contributed by atoms with Crippen LogP contribution in [0, 0.1) is 13.8 Å². The van der Waals surface area contributed by atoms with Gasteiger partial charge in [0.05, 0.1) is 0 Å². The van der Waals surface area contributed by atoms with Crippen LogP contribution in [0.25, 0.3) is 0 Å². The molecule has 1 aromatic carbocycles. The van der Waals surface area contributed by atoms with Gasteiger partial charge >= 0.3 is 0 Å². The van der Waals surface area contributed by atoms with Crippen molar-refractivity contribution < 1.29 is 0 Å². The summed E-state index contributed by atoms with van der Waals surface area (Å²) in [6.07, 6.45) is 5.36. The lowest BCUT2D eigenvalue weighted by Gasteiger charge is -2.34. The molecule has 2 unspecified atom stereocenters. The molecule has 0 aliphatic carbocycles. The van der Waals surface area contributed by atoms with Crippen molar-refractivity contribution in [1.82, 2.24) is 10.2 Å². The van der Waals surface area contributed by atoms with E-state index in [4.69, 9.17) is 0 Å².